The molecule has 0 N–H and O–H groups in total. The lowest BCUT2D eigenvalue weighted by Crippen LogP contribution is -2.26. The molecule has 1 aromatic carbocycles. The van der Waals surface area contributed by atoms with E-state index in [2.05, 4.69) is 28.3 Å². The number of benzene rings is 1. The Kier molecular flexibility index (Phi) is 6.41. The first-order chi connectivity index (χ1) is 12.7. The van der Waals surface area contributed by atoms with Crippen LogP contribution in [0.4, 0.5) is 10.1 Å². The highest BCUT2D eigenvalue weighted by atomic mass is 32.1. The molecule has 138 valence electrons. The van der Waals surface area contributed by atoms with Crippen molar-refractivity contribution in [3.05, 3.63) is 58.7 Å². The van der Waals surface area contributed by atoms with Crippen LogP contribution >= 0.6 is 11.3 Å². The van der Waals surface area contributed by atoms with Crippen molar-refractivity contribution >= 4 is 17.0 Å². The van der Waals surface area contributed by atoms with Gasteiger partial charge in [-0.1, -0.05) is 26.0 Å². The Hall–Kier alpha value is -2.18. The van der Waals surface area contributed by atoms with E-state index in [4.69, 9.17) is 4.42 Å². The van der Waals surface area contributed by atoms with Crippen LogP contribution in [0.1, 0.15) is 20.3 Å². The van der Waals surface area contributed by atoms with Crippen LogP contribution in [-0.4, -0.2) is 29.1 Å². The molecule has 0 atom stereocenters. The minimum absolute atomic E-state index is 0.310. The first kappa shape index (κ1) is 18.6. The molecule has 0 unspecified atom stereocenters. The topological polar surface area (TPSA) is 33.7 Å². The third kappa shape index (κ3) is 4.31. The molecule has 0 fully saturated rings. The molecule has 2 heterocycles. The smallest absolute Gasteiger partial charge is 0.190 e. The maximum Gasteiger partial charge on any atom is 0.190 e. The number of aromatic nitrogens is 1. The summed E-state index contributed by atoms with van der Waals surface area (Å²) in [6.07, 6.45) is 2.66. The molecule has 0 aliphatic heterocycles. The van der Waals surface area contributed by atoms with Gasteiger partial charge in [0.15, 0.2) is 10.6 Å². The van der Waals surface area contributed by atoms with Crippen molar-refractivity contribution in [2.24, 2.45) is 4.99 Å². The highest BCUT2D eigenvalue weighted by molar-refractivity contribution is 7.07. The summed E-state index contributed by atoms with van der Waals surface area (Å²) in [5.41, 5.74) is 1.34. The molecule has 0 saturated carbocycles. The fraction of sp³-hybridized carbons (Fsp3) is 0.350. The predicted molar refractivity (Wildman–Crippen MR) is 104 cm³/mol. The fourth-order valence-corrected chi connectivity index (χ4v) is 3.82. The predicted octanol–water partition coefficient (Wildman–Crippen LogP) is 4.91. The molecule has 4 nitrogen and oxygen atoms in total. The summed E-state index contributed by atoms with van der Waals surface area (Å²) >= 11 is 1.50. The molecule has 3 aromatic rings. The van der Waals surface area contributed by atoms with E-state index >= 15 is 0 Å². The zero-order valence-electron chi connectivity index (χ0n) is 15.2. The van der Waals surface area contributed by atoms with Gasteiger partial charge in [-0.05, 0) is 50.3 Å². The van der Waals surface area contributed by atoms with E-state index in [-0.39, 0.29) is 5.82 Å². The monoisotopic (exact) mass is 373 g/mol. The van der Waals surface area contributed by atoms with Gasteiger partial charge in [-0.3, -0.25) is 0 Å². The number of thiazole rings is 1. The molecule has 2 aromatic heterocycles. The number of halogens is 1. The Labute approximate surface area is 157 Å². The van der Waals surface area contributed by atoms with Gasteiger partial charge < -0.3 is 13.9 Å². The molecule has 0 aliphatic rings. The molecule has 0 bridgehead atoms. The van der Waals surface area contributed by atoms with Crippen LogP contribution in [0.5, 0.6) is 0 Å². The fourth-order valence-electron chi connectivity index (χ4n) is 2.89. The van der Waals surface area contributed by atoms with Crippen LogP contribution in [0.15, 0.2) is 57.5 Å². The summed E-state index contributed by atoms with van der Waals surface area (Å²) < 4.78 is 21.7. The lowest BCUT2D eigenvalue weighted by atomic mass is 10.3. The third-order valence-corrected chi connectivity index (χ3v) is 5.25. The zero-order chi connectivity index (χ0) is 18.4. The average molecular weight is 373 g/mol. The molecule has 0 radical (unpaired) electrons. The number of hydrogen-bond donors (Lipinski definition) is 0. The molecular formula is C20H24FN3OS. The molecule has 26 heavy (non-hydrogen) atoms. The molecule has 3 rings (SSSR count). The van der Waals surface area contributed by atoms with Gasteiger partial charge in [0, 0.05) is 11.9 Å². The zero-order valence-corrected chi connectivity index (χ0v) is 16.0. The van der Waals surface area contributed by atoms with E-state index in [1.165, 1.54) is 17.4 Å². The van der Waals surface area contributed by atoms with Crippen molar-refractivity contribution in [2.45, 2.75) is 26.8 Å². The largest absolute Gasteiger partial charge is 0.463 e. The van der Waals surface area contributed by atoms with E-state index in [1.54, 1.807) is 24.5 Å². The molecular weight excluding hydrogens is 349 g/mol. The number of para-hydroxylation sites is 1. The third-order valence-electron chi connectivity index (χ3n) is 4.39. The van der Waals surface area contributed by atoms with E-state index in [0.29, 0.717) is 5.69 Å². The highest BCUT2D eigenvalue weighted by Crippen LogP contribution is 2.22. The maximum absolute atomic E-state index is 14.0. The van der Waals surface area contributed by atoms with Crippen molar-refractivity contribution in [1.82, 2.24) is 9.47 Å². The summed E-state index contributed by atoms with van der Waals surface area (Å²) in [5.74, 6) is 0.495. The Morgan fingerprint density at radius 3 is 2.65 bits per heavy atom. The quantitative estimate of drug-likeness (QED) is 0.562. The second-order valence-corrected chi connectivity index (χ2v) is 6.81. The Balaban J connectivity index is 1.93. The molecule has 0 aliphatic carbocycles. The van der Waals surface area contributed by atoms with Crippen molar-refractivity contribution in [1.29, 1.82) is 0 Å². The Bertz CT molecular complexity index is 879. The van der Waals surface area contributed by atoms with E-state index < -0.39 is 0 Å². The van der Waals surface area contributed by atoms with Crippen molar-refractivity contribution in [3.63, 3.8) is 0 Å². The summed E-state index contributed by atoms with van der Waals surface area (Å²) in [4.78, 5) is 7.74. The SMILES string of the molecule is CCN(CC)CCCn1c(-c2ccco2)csc1=Nc1ccccc1F. The van der Waals surface area contributed by atoms with Gasteiger partial charge in [-0.15, -0.1) is 11.3 Å². The number of hydrogen-bond acceptors (Lipinski definition) is 4. The first-order valence-electron chi connectivity index (χ1n) is 8.96. The number of furan rings is 1. The van der Waals surface area contributed by atoms with Crippen LogP contribution in [-0.2, 0) is 6.54 Å². The summed E-state index contributed by atoms with van der Waals surface area (Å²) in [6, 6.07) is 10.4. The number of rotatable bonds is 8. The minimum Gasteiger partial charge on any atom is -0.463 e. The first-order valence-corrected chi connectivity index (χ1v) is 9.84. The van der Waals surface area contributed by atoms with Crippen LogP contribution in [0.2, 0.25) is 0 Å². The molecule has 6 heteroatoms. The van der Waals surface area contributed by atoms with Gasteiger partial charge in [0.1, 0.15) is 11.5 Å². The van der Waals surface area contributed by atoms with E-state index in [1.807, 2.05) is 17.5 Å². The average Bonchev–Trinajstić information content (AvgIpc) is 3.31. The molecule has 0 amide bonds. The summed E-state index contributed by atoms with van der Waals surface area (Å²) in [5, 5.41) is 2.02. The van der Waals surface area contributed by atoms with E-state index in [9.17, 15) is 4.39 Å². The standard InChI is InChI=1S/C20H24FN3OS/c1-3-23(4-2)12-8-13-24-18(19-11-7-14-25-19)15-26-20(24)22-17-10-6-5-9-16(17)21/h5-7,9-11,14-15H,3-4,8,12-13H2,1-2H3. The second-order valence-electron chi connectivity index (χ2n) is 5.98. The van der Waals surface area contributed by atoms with Crippen LogP contribution in [0.3, 0.4) is 0 Å². The van der Waals surface area contributed by atoms with Gasteiger partial charge in [0.25, 0.3) is 0 Å². The van der Waals surface area contributed by atoms with Crippen LogP contribution in [0, 0.1) is 5.82 Å². The second kappa shape index (κ2) is 8.96. The molecule has 0 saturated heterocycles. The lowest BCUT2D eigenvalue weighted by Gasteiger charge is -2.18. The lowest BCUT2D eigenvalue weighted by molar-refractivity contribution is 0.293. The summed E-state index contributed by atoms with van der Waals surface area (Å²) in [7, 11) is 0. The Morgan fingerprint density at radius 1 is 1.15 bits per heavy atom. The normalized spacial score (nSPS) is 12.2. The van der Waals surface area contributed by atoms with Crippen LogP contribution in [0.25, 0.3) is 11.5 Å². The van der Waals surface area contributed by atoms with Gasteiger partial charge in [0.2, 0.25) is 0 Å². The van der Waals surface area contributed by atoms with Gasteiger partial charge in [-0.25, -0.2) is 9.38 Å². The van der Waals surface area contributed by atoms with Gasteiger partial charge in [-0.2, -0.15) is 0 Å². The minimum atomic E-state index is -0.310. The van der Waals surface area contributed by atoms with Crippen molar-refractivity contribution in [3.8, 4) is 11.5 Å². The van der Waals surface area contributed by atoms with Crippen LogP contribution < -0.4 is 4.80 Å². The maximum atomic E-state index is 14.0. The Morgan fingerprint density at radius 2 is 1.96 bits per heavy atom. The summed E-state index contributed by atoms with van der Waals surface area (Å²) in [6.45, 7) is 8.27. The van der Waals surface area contributed by atoms with Crippen molar-refractivity contribution < 1.29 is 8.81 Å². The number of nitrogens with zero attached hydrogens (tertiary/aromatic N) is 3. The van der Waals surface area contributed by atoms with E-state index in [0.717, 1.165) is 48.9 Å². The van der Waals surface area contributed by atoms with Gasteiger partial charge >= 0.3 is 0 Å². The van der Waals surface area contributed by atoms with Gasteiger partial charge in [0.05, 0.1) is 12.0 Å². The highest BCUT2D eigenvalue weighted by Gasteiger charge is 2.11. The molecule has 0 spiro atoms. The van der Waals surface area contributed by atoms with Crippen molar-refractivity contribution in [2.75, 3.05) is 19.6 Å².